The molecule has 0 aromatic carbocycles. The highest BCUT2D eigenvalue weighted by molar-refractivity contribution is 6.19. The zero-order chi connectivity index (χ0) is 8.10. The summed E-state index contributed by atoms with van der Waals surface area (Å²) in [5.74, 6) is 0.550. The van der Waals surface area contributed by atoms with Crippen LogP contribution in [0, 0.1) is 6.92 Å². The van der Waals surface area contributed by atoms with Crippen LogP contribution in [-0.4, -0.2) is 10.9 Å². The number of nitrogens with zero attached hydrogens (tertiary/aromatic N) is 1. The first-order valence-electron chi connectivity index (χ1n) is 3.47. The van der Waals surface area contributed by atoms with Crippen molar-refractivity contribution in [3.05, 3.63) is 35.7 Å². The first kappa shape index (κ1) is 8.28. The van der Waals surface area contributed by atoms with Gasteiger partial charge in [0.1, 0.15) is 0 Å². The molecule has 1 nitrogen and oxygen atoms in total. The monoisotopic (exact) mass is 167 g/mol. The minimum absolute atomic E-state index is 0.550. The van der Waals surface area contributed by atoms with Gasteiger partial charge in [0, 0.05) is 18.3 Å². The van der Waals surface area contributed by atoms with Crippen LogP contribution < -0.4 is 0 Å². The Balaban J connectivity index is 2.86. The third kappa shape index (κ3) is 2.35. The molecule has 0 bridgehead atoms. The van der Waals surface area contributed by atoms with Gasteiger partial charge in [-0.1, -0.05) is 12.2 Å². The Labute approximate surface area is 71.7 Å². The molecule has 1 heterocycles. The summed E-state index contributed by atoms with van der Waals surface area (Å²) in [7, 11) is 0. The molecule has 0 aliphatic carbocycles. The van der Waals surface area contributed by atoms with Gasteiger partial charge in [0.15, 0.2) is 0 Å². The fourth-order valence-corrected chi connectivity index (χ4v) is 0.911. The summed E-state index contributed by atoms with van der Waals surface area (Å²) in [5, 5.41) is 0. The van der Waals surface area contributed by atoms with Gasteiger partial charge in [0.25, 0.3) is 0 Å². The van der Waals surface area contributed by atoms with E-state index in [1.807, 2.05) is 24.4 Å². The van der Waals surface area contributed by atoms with E-state index in [0.717, 1.165) is 5.56 Å². The van der Waals surface area contributed by atoms with Gasteiger partial charge in [-0.05, 0) is 24.1 Å². The molecule has 0 N–H and O–H groups in total. The number of hydrogen-bond acceptors (Lipinski definition) is 1. The molecule has 0 unspecified atom stereocenters. The molecule has 0 spiro atoms. The summed E-state index contributed by atoms with van der Waals surface area (Å²) in [6, 6.07) is 1.98. The lowest BCUT2D eigenvalue weighted by Gasteiger charge is -1.95. The third-order valence-corrected chi connectivity index (χ3v) is 1.64. The van der Waals surface area contributed by atoms with Crippen LogP contribution in [0.1, 0.15) is 11.1 Å². The predicted octanol–water partition coefficient (Wildman–Crippen LogP) is 2.64. The Morgan fingerprint density at radius 3 is 3.09 bits per heavy atom. The molecule has 0 saturated heterocycles. The maximum atomic E-state index is 5.50. The molecule has 11 heavy (non-hydrogen) atoms. The number of rotatable bonds is 2. The molecule has 0 aliphatic rings. The molecule has 0 aliphatic heterocycles. The van der Waals surface area contributed by atoms with E-state index in [4.69, 9.17) is 11.6 Å². The maximum Gasteiger partial charge on any atom is 0.0407 e. The number of alkyl halides is 1. The van der Waals surface area contributed by atoms with Gasteiger partial charge in [-0.2, -0.15) is 0 Å². The van der Waals surface area contributed by atoms with Crippen LogP contribution >= 0.6 is 11.6 Å². The van der Waals surface area contributed by atoms with Crippen molar-refractivity contribution in [2.24, 2.45) is 0 Å². The summed E-state index contributed by atoms with van der Waals surface area (Å²) in [6.45, 7) is 2.05. The lowest BCUT2D eigenvalue weighted by Crippen LogP contribution is -1.81. The highest BCUT2D eigenvalue weighted by Gasteiger charge is 1.89. The Kier molecular flexibility index (Phi) is 3.12. The van der Waals surface area contributed by atoms with Gasteiger partial charge in [-0.25, -0.2) is 0 Å². The first-order chi connectivity index (χ1) is 5.34. The van der Waals surface area contributed by atoms with E-state index in [-0.39, 0.29) is 0 Å². The molecular weight excluding hydrogens is 158 g/mol. The fraction of sp³-hybridized carbons (Fsp3) is 0.222. The van der Waals surface area contributed by atoms with Gasteiger partial charge in [-0.3, -0.25) is 4.98 Å². The zero-order valence-electron chi connectivity index (χ0n) is 6.42. The van der Waals surface area contributed by atoms with E-state index in [2.05, 4.69) is 11.9 Å². The van der Waals surface area contributed by atoms with Gasteiger partial charge < -0.3 is 0 Å². The first-order valence-corrected chi connectivity index (χ1v) is 4.01. The molecular formula is C9H10ClN. The summed E-state index contributed by atoms with van der Waals surface area (Å²) in [4.78, 5) is 4.00. The van der Waals surface area contributed by atoms with E-state index < -0.39 is 0 Å². The van der Waals surface area contributed by atoms with E-state index in [1.165, 1.54) is 5.56 Å². The van der Waals surface area contributed by atoms with Gasteiger partial charge >= 0.3 is 0 Å². The van der Waals surface area contributed by atoms with Crippen molar-refractivity contribution in [1.29, 1.82) is 0 Å². The predicted molar refractivity (Wildman–Crippen MR) is 48.7 cm³/mol. The largest absolute Gasteiger partial charge is 0.264 e. The number of aromatic nitrogens is 1. The van der Waals surface area contributed by atoms with Crippen LogP contribution in [0.3, 0.4) is 0 Å². The smallest absolute Gasteiger partial charge is 0.0407 e. The Morgan fingerprint density at radius 1 is 1.64 bits per heavy atom. The van der Waals surface area contributed by atoms with Crippen LogP contribution in [0.5, 0.6) is 0 Å². The average Bonchev–Trinajstić information content (AvgIpc) is 2.03. The van der Waals surface area contributed by atoms with E-state index in [0.29, 0.717) is 5.88 Å². The van der Waals surface area contributed by atoms with Crippen LogP contribution in [-0.2, 0) is 0 Å². The SMILES string of the molecule is Cc1ccncc1C=CCCl. The molecule has 58 valence electrons. The Bertz CT molecular complexity index is 255. The normalized spacial score (nSPS) is 10.7. The number of hydrogen-bond donors (Lipinski definition) is 0. The topological polar surface area (TPSA) is 12.9 Å². The third-order valence-electron chi connectivity index (χ3n) is 1.47. The van der Waals surface area contributed by atoms with E-state index >= 15 is 0 Å². The van der Waals surface area contributed by atoms with Crippen molar-refractivity contribution in [3.63, 3.8) is 0 Å². The van der Waals surface area contributed by atoms with Crippen molar-refractivity contribution in [3.8, 4) is 0 Å². The van der Waals surface area contributed by atoms with Gasteiger partial charge in [0.2, 0.25) is 0 Å². The Morgan fingerprint density at radius 2 is 2.45 bits per heavy atom. The second kappa shape index (κ2) is 4.14. The molecule has 1 aromatic rings. The average molecular weight is 168 g/mol. The lowest BCUT2D eigenvalue weighted by molar-refractivity contribution is 1.27. The number of pyridine rings is 1. The summed E-state index contributed by atoms with van der Waals surface area (Å²) in [5.41, 5.74) is 2.36. The van der Waals surface area contributed by atoms with Crippen LogP contribution in [0.4, 0.5) is 0 Å². The van der Waals surface area contributed by atoms with Gasteiger partial charge in [0.05, 0.1) is 0 Å². The Hall–Kier alpha value is -0.820. The number of allylic oxidation sites excluding steroid dienone is 1. The van der Waals surface area contributed by atoms with E-state index in [9.17, 15) is 0 Å². The number of halogens is 1. The van der Waals surface area contributed by atoms with Gasteiger partial charge in [-0.15, -0.1) is 11.6 Å². The summed E-state index contributed by atoms with van der Waals surface area (Å²) < 4.78 is 0. The van der Waals surface area contributed by atoms with Crippen molar-refractivity contribution in [2.45, 2.75) is 6.92 Å². The molecule has 1 aromatic heterocycles. The highest BCUT2D eigenvalue weighted by Crippen LogP contribution is 2.06. The van der Waals surface area contributed by atoms with Crippen molar-refractivity contribution in [1.82, 2.24) is 4.98 Å². The van der Waals surface area contributed by atoms with E-state index in [1.54, 1.807) is 6.20 Å². The standard InChI is InChI=1S/C9H10ClN/c1-8-4-6-11-7-9(8)3-2-5-10/h2-4,6-7H,5H2,1H3. The van der Waals surface area contributed by atoms with Crippen LogP contribution in [0.2, 0.25) is 0 Å². The molecule has 2 heteroatoms. The maximum absolute atomic E-state index is 5.50. The number of aryl methyl sites for hydroxylation is 1. The highest BCUT2D eigenvalue weighted by atomic mass is 35.5. The minimum Gasteiger partial charge on any atom is -0.264 e. The summed E-state index contributed by atoms with van der Waals surface area (Å²) >= 11 is 5.50. The van der Waals surface area contributed by atoms with Crippen LogP contribution in [0.25, 0.3) is 6.08 Å². The quantitative estimate of drug-likeness (QED) is 0.618. The van der Waals surface area contributed by atoms with Crippen LogP contribution in [0.15, 0.2) is 24.5 Å². The molecule has 0 amide bonds. The van der Waals surface area contributed by atoms with Crippen molar-refractivity contribution >= 4 is 17.7 Å². The van der Waals surface area contributed by atoms with Crippen molar-refractivity contribution < 1.29 is 0 Å². The minimum atomic E-state index is 0.550. The summed E-state index contributed by atoms with van der Waals surface area (Å²) in [6.07, 6.45) is 7.51. The molecule has 1 rings (SSSR count). The molecule has 0 atom stereocenters. The molecule has 0 saturated carbocycles. The van der Waals surface area contributed by atoms with Crippen molar-refractivity contribution in [2.75, 3.05) is 5.88 Å². The molecule has 0 fully saturated rings. The second-order valence-electron chi connectivity index (χ2n) is 2.29. The lowest BCUT2D eigenvalue weighted by atomic mass is 10.1. The fourth-order valence-electron chi connectivity index (χ4n) is 0.822. The zero-order valence-corrected chi connectivity index (χ0v) is 7.17. The second-order valence-corrected chi connectivity index (χ2v) is 2.60. The molecule has 0 radical (unpaired) electrons.